The first kappa shape index (κ1) is 19.3. The van der Waals surface area contributed by atoms with Gasteiger partial charge in [-0.25, -0.2) is 17.9 Å². The Hall–Kier alpha value is -3.04. The first-order valence-corrected chi connectivity index (χ1v) is 10.5. The van der Waals surface area contributed by atoms with E-state index in [0.29, 0.717) is 18.5 Å². The van der Waals surface area contributed by atoms with Crippen molar-refractivity contribution in [3.63, 3.8) is 0 Å². The number of benzene rings is 2. The summed E-state index contributed by atoms with van der Waals surface area (Å²) in [5.74, 6) is -0.357. The Morgan fingerprint density at radius 2 is 1.86 bits per heavy atom. The molecule has 0 bridgehead atoms. The molecule has 0 spiro atoms. The normalized spacial score (nSPS) is 15.1. The fraction of sp³-hybridized carbons (Fsp3) is 0.200. The summed E-state index contributed by atoms with van der Waals surface area (Å²) in [5.41, 5.74) is 0.706. The van der Waals surface area contributed by atoms with Crippen LogP contribution in [-0.2, 0) is 26.8 Å². The predicted octanol–water partition coefficient (Wildman–Crippen LogP) is 2.48. The van der Waals surface area contributed by atoms with Gasteiger partial charge in [-0.05, 0) is 42.7 Å². The lowest BCUT2D eigenvalue weighted by Crippen LogP contribution is -2.34. The maximum absolute atomic E-state index is 14.0. The summed E-state index contributed by atoms with van der Waals surface area (Å²) in [6.07, 6.45) is 1.23. The monoisotopic (exact) mass is 415 g/mol. The maximum Gasteiger partial charge on any atom is 0.238 e. The number of primary sulfonamides is 1. The molecule has 1 amide bonds. The number of sulfonamides is 1. The minimum Gasteiger partial charge on any atom is -0.356 e. The van der Waals surface area contributed by atoms with Crippen LogP contribution < -0.4 is 10.5 Å². The van der Waals surface area contributed by atoms with E-state index in [4.69, 9.17) is 9.66 Å². The molecular formula is C20H18FN3O4S. The van der Waals surface area contributed by atoms with Gasteiger partial charge in [0.2, 0.25) is 15.9 Å². The zero-order valence-corrected chi connectivity index (χ0v) is 16.1. The molecule has 7 nitrogen and oxygen atoms in total. The number of hydrogen-bond donors (Lipinski definition) is 2. The second kappa shape index (κ2) is 7.09. The fourth-order valence-corrected chi connectivity index (χ4v) is 3.68. The Bertz CT molecular complexity index is 1170. The minimum absolute atomic E-state index is 0.00881. The quantitative estimate of drug-likeness (QED) is 0.642. The summed E-state index contributed by atoms with van der Waals surface area (Å²) in [5, 5.41) is 11.9. The van der Waals surface area contributed by atoms with E-state index in [1.54, 1.807) is 36.4 Å². The van der Waals surface area contributed by atoms with Gasteiger partial charge in [0.15, 0.2) is 5.76 Å². The molecule has 1 aromatic heterocycles. The highest BCUT2D eigenvalue weighted by molar-refractivity contribution is 7.89. The van der Waals surface area contributed by atoms with Gasteiger partial charge in [-0.15, -0.1) is 0 Å². The van der Waals surface area contributed by atoms with Crippen LogP contribution in [0.1, 0.15) is 24.1 Å². The predicted molar refractivity (Wildman–Crippen MR) is 102 cm³/mol. The highest BCUT2D eigenvalue weighted by Crippen LogP contribution is 2.48. The van der Waals surface area contributed by atoms with E-state index in [0.717, 1.165) is 5.56 Å². The van der Waals surface area contributed by atoms with Crippen LogP contribution in [0.25, 0.3) is 11.3 Å². The van der Waals surface area contributed by atoms with Crippen molar-refractivity contribution in [2.24, 2.45) is 5.14 Å². The third-order valence-corrected chi connectivity index (χ3v) is 5.96. The van der Waals surface area contributed by atoms with Gasteiger partial charge >= 0.3 is 0 Å². The summed E-state index contributed by atoms with van der Waals surface area (Å²) in [6.45, 7) is 0.226. The minimum atomic E-state index is -3.76. The van der Waals surface area contributed by atoms with E-state index < -0.39 is 21.3 Å². The SMILES string of the molecule is NS(=O)(=O)c1ccc(CNC(=O)C2(c3cc(-c4ccccc4F)on3)CC2)cc1. The van der Waals surface area contributed by atoms with Crippen LogP contribution in [0.2, 0.25) is 0 Å². The highest BCUT2D eigenvalue weighted by atomic mass is 32.2. The number of halogens is 1. The van der Waals surface area contributed by atoms with Crippen molar-refractivity contribution >= 4 is 15.9 Å². The van der Waals surface area contributed by atoms with Crippen molar-refractivity contribution in [2.45, 2.75) is 29.7 Å². The molecule has 1 heterocycles. The average Bonchev–Trinajstić information content (AvgIpc) is 3.36. The molecule has 0 radical (unpaired) electrons. The van der Waals surface area contributed by atoms with Crippen molar-refractivity contribution in [2.75, 3.05) is 0 Å². The molecule has 0 saturated heterocycles. The van der Waals surface area contributed by atoms with E-state index in [1.165, 1.54) is 18.2 Å². The van der Waals surface area contributed by atoms with Crippen molar-refractivity contribution in [1.82, 2.24) is 10.5 Å². The van der Waals surface area contributed by atoms with Crippen LogP contribution in [-0.4, -0.2) is 19.5 Å². The van der Waals surface area contributed by atoms with Gasteiger partial charge in [-0.2, -0.15) is 0 Å². The largest absolute Gasteiger partial charge is 0.356 e. The van der Waals surface area contributed by atoms with E-state index >= 15 is 0 Å². The van der Waals surface area contributed by atoms with Gasteiger partial charge in [-0.3, -0.25) is 4.79 Å². The molecular weight excluding hydrogens is 397 g/mol. The molecule has 4 rings (SSSR count). The molecule has 29 heavy (non-hydrogen) atoms. The lowest BCUT2D eigenvalue weighted by atomic mass is 10.00. The van der Waals surface area contributed by atoms with Gasteiger partial charge in [0, 0.05) is 12.6 Å². The number of nitrogens with two attached hydrogens (primary N) is 1. The number of nitrogens with one attached hydrogen (secondary N) is 1. The molecule has 0 aliphatic heterocycles. The number of aromatic nitrogens is 1. The second-order valence-corrected chi connectivity index (χ2v) is 8.57. The molecule has 3 N–H and O–H groups in total. The molecule has 0 atom stereocenters. The van der Waals surface area contributed by atoms with Crippen LogP contribution in [0.4, 0.5) is 4.39 Å². The molecule has 1 saturated carbocycles. The van der Waals surface area contributed by atoms with E-state index in [1.807, 2.05) is 0 Å². The lowest BCUT2D eigenvalue weighted by molar-refractivity contribution is -0.123. The fourth-order valence-electron chi connectivity index (χ4n) is 3.16. The molecule has 1 fully saturated rings. The van der Waals surface area contributed by atoms with Crippen LogP contribution in [0.3, 0.4) is 0 Å². The maximum atomic E-state index is 14.0. The highest BCUT2D eigenvalue weighted by Gasteiger charge is 2.53. The van der Waals surface area contributed by atoms with Crippen LogP contribution >= 0.6 is 0 Å². The van der Waals surface area contributed by atoms with Crippen LogP contribution in [0, 0.1) is 5.82 Å². The molecule has 1 aliphatic rings. The molecule has 0 unspecified atom stereocenters. The summed E-state index contributed by atoms with van der Waals surface area (Å²) in [6, 6.07) is 13.8. The topological polar surface area (TPSA) is 115 Å². The summed E-state index contributed by atoms with van der Waals surface area (Å²) in [7, 11) is -3.76. The van der Waals surface area contributed by atoms with E-state index in [-0.39, 0.29) is 28.7 Å². The van der Waals surface area contributed by atoms with Gasteiger partial charge in [0.1, 0.15) is 5.82 Å². The molecule has 150 valence electrons. The Morgan fingerprint density at radius 1 is 1.17 bits per heavy atom. The smallest absolute Gasteiger partial charge is 0.238 e. The number of rotatable bonds is 6. The average molecular weight is 415 g/mol. The number of carbonyl (C=O) groups excluding carboxylic acids is 1. The van der Waals surface area contributed by atoms with Gasteiger partial charge in [0.25, 0.3) is 0 Å². The summed E-state index contributed by atoms with van der Waals surface area (Å²) in [4.78, 5) is 12.8. The van der Waals surface area contributed by atoms with Crippen molar-refractivity contribution < 1.29 is 22.1 Å². The number of nitrogens with zero attached hydrogens (tertiary/aromatic N) is 1. The Kier molecular flexibility index (Phi) is 4.71. The number of hydrogen-bond acceptors (Lipinski definition) is 5. The standard InChI is InChI=1S/C20H18FN3O4S/c21-16-4-2-1-3-15(16)17-11-18(24-28-17)20(9-10-20)19(25)23-12-13-5-7-14(8-6-13)29(22,26)27/h1-8,11H,9-10,12H2,(H,23,25)(H2,22,26,27). The number of carbonyl (C=O) groups is 1. The van der Waals surface area contributed by atoms with E-state index in [9.17, 15) is 17.6 Å². The molecule has 2 aromatic carbocycles. The van der Waals surface area contributed by atoms with Gasteiger partial charge in [-0.1, -0.05) is 29.4 Å². The molecule has 3 aromatic rings. The third-order valence-electron chi connectivity index (χ3n) is 5.03. The lowest BCUT2D eigenvalue weighted by Gasteiger charge is -2.12. The molecule has 9 heteroatoms. The third kappa shape index (κ3) is 3.79. The zero-order valence-electron chi connectivity index (χ0n) is 15.3. The van der Waals surface area contributed by atoms with Crippen molar-refractivity contribution in [3.05, 3.63) is 71.7 Å². The van der Waals surface area contributed by atoms with Crippen LogP contribution in [0.5, 0.6) is 0 Å². The Labute approximate surface area is 166 Å². The Morgan fingerprint density at radius 3 is 2.48 bits per heavy atom. The Balaban J connectivity index is 1.46. The van der Waals surface area contributed by atoms with Crippen LogP contribution in [0.15, 0.2) is 64.0 Å². The van der Waals surface area contributed by atoms with Crippen molar-refractivity contribution in [1.29, 1.82) is 0 Å². The summed E-state index contributed by atoms with van der Waals surface area (Å²) >= 11 is 0. The van der Waals surface area contributed by atoms with Gasteiger partial charge in [0.05, 0.1) is 21.6 Å². The van der Waals surface area contributed by atoms with Gasteiger partial charge < -0.3 is 9.84 Å². The summed E-state index contributed by atoms with van der Waals surface area (Å²) < 4.78 is 41.8. The zero-order chi connectivity index (χ0) is 20.6. The van der Waals surface area contributed by atoms with Crippen molar-refractivity contribution in [3.8, 4) is 11.3 Å². The van der Waals surface area contributed by atoms with E-state index in [2.05, 4.69) is 10.5 Å². The first-order valence-electron chi connectivity index (χ1n) is 8.92. The first-order chi connectivity index (χ1) is 13.8. The second-order valence-electron chi connectivity index (χ2n) is 7.01. The molecule has 1 aliphatic carbocycles. The number of amides is 1.